The summed E-state index contributed by atoms with van der Waals surface area (Å²) in [6.45, 7) is 4.47. The first-order valence-corrected chi connectivity index (χ1v) is 5.75. The second kappa shape index (κ2) is 6.55. The molecule has 1 aliphatic rings. The Labute approximate surface area is 91.2 Å². The van der Waals surface area contributed by atoms with E-state index in [-0.39, 0.29) is 12.4 Å². The van der Waals surface area contributed by atoms with Crippen molar-refractivity contribution in [1.29, 1.82) is 5.41 Å². The van der Waals surface area contributed by atoms with Crippen molar-refractivity contribution in [3.8, 4) is 0 Å². The molecule has 1 rings (SSSR count). The topological polar surface area (TPSA) is 35.9 Å². The number of halogens is 1. The molecule has 0 bridgehead atoms. The lowest BCUT2D eigenvalue weighted by Gasteiger charge is -2.18. The molecule has 4 heteroatoms. The standard InChI is InChI=1S/C9H18N2S.ClH/c1-7(2)5-8-6-12-4-3-9(10)11-8;/h7-8H,3-6H2,1-2H3,(H2,10,11);1H. The maximum atomic E-state index is 7.58. The van der Waals surface area contributed by atoms with Gasteiger partial charge < -0.3 is 5.32 Å². The first kappa shape index (κ1) is 13.1. The van der Waals surface area contributed by atoms with Crippen LogP contribution in [-0.2, 0) is 0 Å². The summed E-state index contributed by atoms with van der Waals surface area (Å²) in [5.74, 6) is 3.74. The van der Waals surface area contributed by atoms with E-state index in [1.165, 1.54) is 12.2 Å². The SMILES string of the molecule is CC(C)CC1CSCCC(=N)N1.Cl. The van der Waals surface area contributed by atoms with Crippen LogP contribution in [0.4, 0.5) is 0 Å². The number of rotatable bonds is 2. The van der Waals surface area contributed by atoms with Crippen molar-refractivity contribution in [2.75, 3.05) is 11.5 Å². The molecular formula is C9H19ClN2S. The van der Waals surface area contributed by atoms with Gasteiger partial charge in [0.2, 0.25) is 0 Å². The van der Waals surface area contributed by atoms with Gasteiger partial charge in [-0.1, -0.05) is 13.8 Å². The summed E-state index contributed by atoms with van der Waals surface area (Å²) in [6.07, 6.45) is 2.11. The van der Waals surface area contributed by atoms with Crippen LogP contribution >= 0.6 is 24.2 Å². The molecule has 0 aromatic heterocycles. The number of thioether (sulfide) groups is 1. The van der Waals surface area contributed by atoms with Gasteiger partial charge in [-0.25, -0.2) is 0 Å². The van der Waals surface area contributed by atoms with Crippen LogP contribution in [0.2, 0.25) is 0 Å². The third-order valence-electron chi connectivity index (χ3n) is 1.95. The Bertz CT molecular complexity index is 162. The fourth-order valence-corrected chi connectivity index (χ4v) is 2.48. The molecule has 1 aliphatic heterocycles. The fraction of sp³-hybridized carbons (Fsp3) is 0.889. The first-order chi connectivity index (χ1) is 5.68. The molecule has 13 heavy (non-hydrogen) atoms. The molecule has 0 aromatic carbocycles. The highest BCUT2D eigenvalue weighted by Gasteiger charge is 2.15. The average Bonchev–Trinajstić information content (AvgIpc) is 2.12. The number of hydrogen-bond donors (Lipinski definition) is 2. The van der Waals surface area contributed by atoms with Crippen molar-refractivity contribution in [1.82, 2.24) is 5.32 Å². The monoisotopic (exact) mass is 222 g/mol. The number of amidine groups is 1. The van der Waals surface area contributed by atoms with Crippen molar-refractivity contribution >= 4 is 30.0 Å². The van der Waals surface area contributed by atoms with Crippen molar-refractivity contribution in [3.05, 3.63) is 0 Å². The minimum Gasteiger partial charge on any atom is -0.370 e. The molecule has 0 amide bonds. The highest BCUT2D eigenvalue weighted by molar-refractivity contribution is 7.99. The van der Waals surface area contributed by atoms with Gasteiger partial charge in [0.05, 0.1) is 5.84 Å². The quantitative estimate of drug-likeness (QED) is 0.754. The third kappa shape index (κ3) is 5.42. The maximum absolute atomic E-state index is 7.58. The minimum atomic E-state index is 0. The highest BCUT2D eigenvalue weighted by Crippen LogP contribution is 2.15. The zero-order valence-corrected chi connectivity index (χ0v) is 9.93. The highest BCUT2D eigenvalue weighted by atomic mass is 35.5. The number of nitrogens with one attached hydrogen (secondary N) is 2. The summed E-state index contributed by atoms with van der Waals surface area (Å²) in [6, 6.07) is 0.532. The lowest BCUT2D eigenvalue weighted by molar-refractivity contribution is 0.495. The summed E-state index contributed by atoms with van der Waals surface area (Å²) in [7, 11) is 0. The summed E-state index contributed by atoms with van der Waals surface area (Å²) in [5.41, 5.74) is 0. The average molecular weight is 223 g/mol. The molecule has 78 valence electrons. The van der Waals surface area contributed by atoms with Crippen LogP contribution in [0.1, 0.15) is 26.7 Å². The second-order valence-corrected chi connectivity index (χ2v) is 4.92. The lowest BCUT2D eigenvalue weighted by Crippen LogP contribution is -2.35. The van der Waals surface area contributed by atoms with Gasteiger partial charge in [-0.05, 0) is 12.3 Å². The molecule has 1 heterocycles. The molecule has 0 aromatic rings. The van der Waals surface area contributed by atoms with Crippen molar-refractivity contribution in [3.63, 3.8) is 0 Å². The molecule has 2 N–H and O–H groups in total. The first-order valence-electron chi connectivity index (χ1n) is 4.60. The molecule has 0 aliphatic carbocycles. The van der Waals surface area contributed by atoms with Crippen LogP contribution in [0.15, 0.2) is 0 Å². The molecular weight excluding hydrogens is 204 g/mol. The third-order valence-corrected chi connectivity index (χ3v) is 3.08. The summed E-state index contributed by atoms with van der Waals surface area (Å²) < 4.78 is 0. The van der Waals surface area contributed by atoms with Gasteiger partial charge in [-0.15, -0.1) is 12.4 Å². The summed E-state index contributed by atoms with van der Waals surface area (Å²) in [4.78, 5) is 0. The number of hydrogen-bond acceptors (Lipinski definition) is 2. The van der Waals surface area contributed by atoms with Crippen molar-refractivity contribution < 1.29 is 0 Å². The second-order valence-electron chi connectivity index (χ2n) is 3.77. The molecule has 0 saturated carbocycles. The maximum Gasteiger partial charge on any atom is 0.0942 e. The van der Waals surface area contributed by atoms with E-state index in [1.807, 2.05) is 11.8 Å². The lowest BCUT2D eigenvalue weighted by atomic mass is 10.1. The van der Waals surface area contributed by atoms with Gasteiger partial charge in [0.25, 0.3) is 0 Å². The smallest absolute Gasteiger partial charge is 0.0942 e. The zero-order valence-electron chi connectivity index (χ0n) is 8.30. The predicted octanol–water partition coefficient (Wildman–Crippen LogP) is 2.53. The minimum absolute atomic E-state index is 0. The van der Waals surface area contributed by atoms with E-state index in [9.17, 15) is 0 Å². The Hall–Kier alpha value is 0.110. The van der Waals surface area contributed by atoms with E-state index < -0.39 is 0 Å². The molecule has 2 nitrogen and oxygen atoms in total. The van der Waals surface area contributed by atoms with Crippen molar-refractivity contribution in [2.45, 2.75) is 32.7 Å². The predicted molar refractivity (Wildman–Crippen MR) is 63.3 cm³/mol. The normalized spacial score (nSPS) is 23.3. The zero-order chi connectivity index (χ0) is 8.97. The molecule has 1 fully saturated rings. The van der Waals surface area contributed by atoms with E-state index in [1.54, 1.807) is 0 Å². The molecule has 0 radical (unpaired) electrons. The van der Waals surface area contributed by atoms with E-state index in [4.69, 9.17) is 5.41 Å². The molecule has 0 spiro atoms. The fourth-order valence-electron chi connectivity index (χ4n) is 1.46. The van der Waals surface area contributed by atoms with E-state index >= 15 is 0 Å². The Balaban J connectivity index is 0.00000144. The Morgan fingerprint density at radius 3 is 2.92 bits per heavy atom. The molecule has 1 atom stereocenters. The van der Waals surface area contributed by atoms with Gasteiger partial charge in [-0.3, -0.25) is 5.41 Å². The van der Waals surface area contributed by atoms with Crippen LogP contribution in [0, 0.1) is 11.3 Å². The van der Waals surface area contributed by atoms with Crippen LogP contribution in [0.25, 0.3) is 0 Å². The summed E-state index contributed by atoms with van der Waals surface area (Å²) in [5, 5.41) is 10.9. The van der Waals surface area contributed by atoms with Gasteiger partial charge in [0.15, 0.2) is 0 Å². The Morgan fingerprint density at radius 2 is 2.31 bits per heavy atom. The van der Waals surface area contributed by atoms with Crippen LogP contribution in [-0.4, -0.2) is 23.4 Å². The van der Waals surface area contributed by atoms with Gasteiger partial charge in [0, 0.05) is 24.0 Å². The van der Waals surface area contributed by atoms with Crippen LogP contribution < -0.4 is 5.32 Å². The van der Waals surface area contributed by atoms with Crippen molar-refractivity contribution in [2.24, 2.45) is 5.92 Å². The summed E-state index contributed by atoms with van der Waals surface area (Å²) >= 11 is 1.97. The van der Waals surface area contributed by atoms with Gasteiger partial charge in [0.1, 0.15) is 0 Å². The van der Waals surface area contributed by atoms with Gasteiger partial charge >= 0.3 is 0 Å². The van der Waals surface area contributed by atoms with E-state index in [0.717, 1.165) is 23.9 Å². The van der Waals surface area contributed by atoms with Gasteiger partial charge in [-0.2, -0.15) is 11.8 Å². The van der Waals surface area contributed by atoms with Crippen LogP contribution in [0.5, 0.6) is 0 Å². The largest absolute Gasteiger partial charge is 0.370 e. The Morgan fingerprint density at radius 1 is 1.62 bits per heavy atom. The van der Waals surface area contributed by atoms with Crippen LogP contribution in [0.3, 0.4) is 0 Å². The molecule has 1 saturated heterocycles. The Kier molecular flexibility index (Phi) is 6.60. The van der Waals surface area contributed by atoms with E-state index in [0.29, 0.717) is 6.04 Å². The molecule has 1 unspecified atom stereocenters. The van der Waals surface area contributed by atoms with E-state index in [2.05, 4.69) is 19.2 Å².